The van der Waals surface area contributed by atoms with Crippen molar-refractivity contribution in [2.75, 3.05) is 0 Å². The van der Waals surface area contributed by atoms with Crippen molar-refractivity contribution in [3.8, 4) is 0 Å². The van der Waals surface area contributed by atoms with E-state index in [2.05, 4.69) is 4.99 Å². The number of hydrogen-bond donors (Lipinski definition) is 0. The van der Waals surface area contributed by atoms with E-state index < -0.39 is 11.6 Å². The standard InChI is InChI=1S/C19H12ClF2NS/c20-14-3-8-17(9-4-14)24-16-6-1-13(2-7-16)12-23-19-10-5-15(21)11-18(19)22/h1-12H. The van der Waals surface area contributed by atoms with Gasteiger partial charge in [0.1, 0.15) is 5.82 Å². The highest BCUT2D eigenvalue weighted by Gasteiger charge is 2.02. The van der Waals surface area contributed by atoms with Crippen LogP contribution in [0.3, 0.4) is 0 Å². The summed E-state index contributed by atoms with van der Waals surface area (Å²) in [6, 6.07) is 18.6. The zero-order valence-corrected chi connectivity index (χ0v) is 14.0. The van der Waals surface area contributed by atoms with Gasteiger partial charge in [-0.1, -0.05) is 35.5 Å². The molecule has 1 nitrogen and oxygen atoms in total. The zero-order chi connectivity index (χ0) is 16.9. The van der Waals surface area contributed by atoms with Crippen molar-refractivity contribution in [1.29, 1.82) is 0 Å². The van der Waals surface area contributed by atoms with E-state index in [-0.39, 0.29) is 5.69 Å². The van der Waals surface area contributed by atoms with E-state index in [1.165, 1.54) is 12.1 Å². The van der Waals surface area contributed by atoms with Gasteiger partial charge in [0.2, 0.25) is 0 Å². The Kier molecular flexibility index (Phi) is 5.28. The van der Waals surface area contributed by atoms with Crippen LogP contribution in [0.5, 0.6) is 0 Å². The van der Waals surface area contributed by atoms with Gasteiger partial charge in [-0.3, -0.25) is 4.99 Å². The first kappa shape index (κ1) is 16.7. The van der Waals surface area contributed by atoms with Gasteiger partial charge >= 0.3 is 0 Å². The van der Waals surface area contributed by atoms with E-state index in [1.54, 1.807) is 18.0 Å². The zero-order valence-electron chi connectivity index (χ0n) is 12.4. The second-order valence-electron chi connectivity index (χ2n) is 4.98. The Morgan fingerprint density at radius 3 is 2.08 bits per heavy atom. The number of halogens is 3. The van der Waals surface area contributed by atoms with Gasteiger partial charge in [-0.2, -0.15) is 0 Å². The van der Waals surface area contributed by atoms with Gasteiger partial charge in [-0.25, -0.2) is 8.78 Å². The lowest BCUT2D eigenvalue weighted by Crippen LogP contribution is -1.83. The minimum absolute atomic E-state index is 0.107. The van der Waals surface area contributed by atoms with Gasteiger partial charge in [0.15, 0.2) is 5.82 Å². The van der Waals surface area contributed by atoms with Crippen molar-refractivity contribution < 1.29 is 8.78 Å². The molecule has 0 radical (unpaired) electrons. The Morgan fingerprint density at radius 1 is 0.833 bits per heavy atom. The molecule has 0 N–H and O–H groups in total. The first-order chi connectivity index (χ1) is 11.6. The molecule has 120 valence electrons. The fourth-order valence-corrected chi connectivity index (χ4v) is 2.93. The lowest BCUT2D eigenvalue weighted by molar-refractivity contribution is 0.585. The first-order valence-corrected chi connectivity index (χ1v) is 8.32. The van der Waals surface area contributed by atoms with Gasteiger partial charge in [0.05, 0.1) is 5.69 Å². The molecule has 0 aliphatic rings. The molecule has 0 saturated carbocycles. The predicted octanol–water partition coefficient (Wildman–Crippen LogP) is 6.52. The Hall–Kier alpha value is -2.17. The highest BCUT2D eigenvalue weighted by Crippen LogP contribution is 2.28. The monoisotopic (exact) mass is 359 g/mol. The molecule has 5 heteroatoms. The topological polar surface area (TPSA) is 12.4 Å². The van der Waals surface area contributed by atoms with Crippen molar-refractivity contribution in [1.82, 2.24) is 0 Å². The van der Waals surface area contributed by atoms with Crippen LogP contribution in [0.2, 0.25) is 5.02 Å². The molecule has 0 aliphatic heterocycles. The molecule has 24 heavy (non-hydrogen) atoms. The average Bonchev–Trinajstić information content (AvgIpc) is 2.57. The average molecular weight is 360 g/mol. The quantitative estimate of drug-likeness (QED) is 0.483. The summed E-state index contributed by atoms with van der Waals surface area (Å²) in [5.41, 5.74) is 0.940. The Bertz CT molecular complexity index is 862. The number of hydrogen-bond acceptors (Lipinski definition) is 2. The molecule has 0 atom stereocenters. The Balaban J connectivity index is 1.70. The van der Waals surface area contributed by atoms with Crippen LogP contribution >= 0.6 is 23.4 Å². The number of aliphatic imine (C=N–C) groups is 1. The molecule has 0 unspecified atom stereocenters. The maximum absolute atomic E-state index is 13.5. The molecule has 0 spiro atoms. The van der Waals surface area contributed by atoms with Gasteiger partial charge in [-0.05, 0) is 54.1 Å². The molecule has 3 aromatic rings. The molecule has 0 saturated heterocycles. The van der Waals surface area contributed by atoms with Crippen LogP contribution in [-0.2, 0) is 0 Å². The molecule has 0 heterocycles. The number of benzene rings is 3. The van der Waals surface area contributed by atoms with E-state index in [0.29, 0.717) is 5.02 Å². The number of rotatable bonds is 4. The van der Waals surface area contributed by atoms with Crippen molar-refractivity contribution in [2.45, 2.75) is 9.79 Å². The minimum Gasteiger partial charge on any atom is -0.253 e. The lowest BCUT2D eigenvalue weighted by Gasteiger charge is -2.02. The van der Waals surface area contributed by atoms with Crippen LogP contribution in [0.1, 0.15) is 5.56 Å². The van der Waals surface area contributed by atoms with Gasteiger partial charge in [0, 0.05) is 27.1 Å². The predicted molar refractivity (Wildman–Crippen MR) is 95.6 cm³/mol. The molecule has 0 fully saturated rings. The molecule has 0 amide bonds. The summed E-state index contributed by atoms with van der Waals surface area (Å²) in [6.45, 7) is 0. The largest absolute Gasteiger partial charge is 0.253 e. The Labute approximate surface area is 148 Å². The second-order valence-corrected chi connectivity index (χ2v) is 6.56. The maximum atomic E-state index is 13.5. The van der Waals surface area contributed by atoms with Crippen LogP contribution in [0.15, 0.2) is 81.5 Å². The van der Waals surface area contributed by atoms with E-state index in [4.69, 9.17) is 11.6 Å². The van der Waals surface area contributed by atoms with Crippen molar-refractivity contribution in [3.63, 3.8) is 0 Å². The molecule has 3 rings (SSSR count). The van der Waals surface area contributed by atoms with E-state index in [1.807, 2.05) is 48.5 Å². The summed E-state index contributed by atoms with van der Waals surface area (Å²) < 4.78 is 26.4. The summed E-state index contributed by atoms with van der Waals surface area (Å²) in [5, 5.41) is 0.707. The second kappa shape index (κ2) is 7.60. The van der Waals surface area contributed by atoms with E-state index in [0.717, 1.165) is 21.4 Å². The summed E-state index contributed by atoms with van der Waals surface area (Å²) in [4.78, 5) is 6.22. The third-order valence-electron chi connectivity index (χ3n) is 3.19. The third kappa shape index (κ3) is 4.43. The molecule has 0 aliphatic carbocycles. The lowest BCUT2D eigenvalue weighted by atomic mass is 10.2. The highest BCUT2D eigenvalue weighted by molar-refractivity contribution is 7.99. The first-order valence-electron chi connectivity index (χ1n) is 7.13. The van der Waals surface area contributed by atoms with Crippen molar-refractivity contribution in [2.24, 2.45) is 4.99 Å². The third-order valence-corrected chi connectivity index (χ3v) is 4.46. The summed E-state index contributed by atoms with van der Waals surface area (Å²) in [5.74, 6) is -1.30. The fourth-order valence-electron chi connectivity index (χ4n) is 1.99. The summed E-state index contributed by atoms with van der Waals surface area (Å²) >= 11 is 7.49. The molecule has 0 aromatic heterocycles. The Morgan fingerprint density at radius 2 is 1.46 bits per heavy atom. The van der Waals surface area contributed by atoms with Crippen LogP contribution < -0.4 is 0 Å². The SMILES string of the molecule is Fc1ccc(N=Cc2ccc(Sc3ccc(Cl)cc3)cc2)c(F)c1. The highest BCUT2D eigenvalue weighted by atomic mass is 35.5. The molecular weight excluding hydrogens is 348 g/mol. The molecule has 0 bridgehead atoms. The van der Waals surface area contributed by atoms with Crippen molar-refractivity contribution in [3.05, 3.63) is 89.0 Å². The maximum Gasteiger partial charge on any atom is 0.151 e. The normalized spacial score (nSPS) is 11.1. The van der Waals surface area contributed by atoms with Gasteiger partial charge in [0.25, 0.3) is 0 Å². The van der Waals surface area contributed by atoms with Crippen LogP contribution in [0.4, 0.5) is 14.5 Å². The summed E-state index contributed by atoms with van der Waals surface area (Å²) in [6.07, 6.45) is 1.55. The van der Waals surface area contributed by atoms with Crippen LogP contribution in [-0.4, -0.2) is 6.21 Å². The minimum atomic E-state index is -0.679. The van der Waals surface area contributed by atoms with Crippen LogP contribution in [0, 0.1) is 11.6 Å². The van der Waals surface area contributed by atoms with Gasteiger partial charge in [-0.15, -0.1) is 0 Å². The van der Waals surface area contributed by atoms with Crippen LogP contribution in [0.25, 0.3) is 0 Å². The van der Waals surface area contributed by atoms with Crippen molar-refractivity contribution >= 4 is 35.3 Å². The molecular formula is C19H12ClF2NS. The number of nitrogens with zero attached hydrogens (tertiary/aromatic N) is 1. The molecule has 3 aromatic carbocycles. The van der Waals surface area contributed by atoms with E-state index in [9.17, 15) is 8.78 Å². The van der Waals surface area contributed by atoms with E-state index >= 15 is 0 Å². The summed E-state index contributed by atoms with van der Waals surface area (Å²) in [7, 11) is 0. The fraction of sp³-hybridized carbons (Fsp3) is 0. The van der Waals surface area contributed by atoms with Gasteiger partial charge < -0.3 is 0 Å². The smallest absolute Gasteiger partial charge is 0.151 e.